The monoisotopic (exact) mass is 297 g/mol. The summed E-state index contributed by atoms with van der Waals surface area (Å²) in [7, 11) is 2.10. The lowest BCUT2D eigenvalue weighted by molar-refractivity contribution is 0.0473. The Morgan fingerprint density at radius 3 is 1.95 bits per heavy atom. The first-order valence-corrected chi connectivity index (χ1v) is 9.36. The average molecular weight is 298 g/mol. The van der Waals surface area contributed by atoms with Gasteiger partial charge in [0.25, 0.3) is 0 Å². The minimum Gasteiger partial charge on any atom is -0.317 e. The van der Waals surface area contributed by atoms with E-state index in [2.05, 4.69) is 67.8 Å². The molecule has 0 rings (SSSR count). The quantitative estimate of drug-likeness (QED) is 0.483. The van der Waals surface area contributed by atoms with Crippen molar-refractivity contribution in [3.8, 4) is 0 Å². The predicted molar refractivity (Wildman–Crippen MR) is 97.7 cm³/mol. The third kappa shape index (κ3) is 7.17. The van der Waals surface area contributed by atoms with Gasteiger partial charge in [-0.2, -0.15) is 0 Å². The van der Waals surface area contributed by atoms with Gasteiger partial charge >= 0.3 is 0 Å². The molecule has 128 valence electrons. The van der Waals surface area contributed by atoms with Crippen molar-refractivity contribution in [1.29, 1.82) is 0 Å². The molecule has 0 aliphatic carbocycles. The molecule has 0 aromatic carbocycles. The van der Waals surface area contributed by atoms with Gasteiger partial charge in [-0.1, -0.05) is 67.7 Å². The summed E-state index contributed by atoms with van der Waals surface area (Å²) in [6.07, 6.45) is 6.65. The van der Waals surface area contributed by atoms with E-state index in [1.165, 1.54) is 32.1 Å². The second-order valence-electron chi connectivity index (χ2n) is 8.47. The fourth-order valence-electron chi connectivity index (χ4n) is 4.84. The first kappa shape index (κ1) is 21.0. The maximum Gasteiger partial charge on any atom is 0.00384 e. The Labute approximate surface area is 135 Å². The van der Waals surface area contributed by atoms with Crippen LogP contribution in [0.15, 0.2) is 0 Å². The minimum atomic E-state index is 0.441. The summed E-state index contributed by atoms with van der Waals surface area (Å²) in [6.45, 7) is 19.4. The maximum atomic E-state index is 3.45. The molecule has 0 heterocycles. The SMILES string of the molecule is CCCC(C)C(C(CC)C[C@@H](C)NC)C(C)(C)CC(C)C. The second kappa shape index (κ2) is 9.87. The summed E-state index contributed by atoms with van der Waals surface area (Å²) >= 11 is 0. The smallest absolute Gasteiger partial charge is 0.00384 e. The zero-order valence-corrected chi connectivity index (χ0v) is 16.4. The van der Waals surface area contributed by atoms with Gasteiger partial charge in [0.2, 0.25) is 0 Å². The Hall–Kier alpha value is -0.0400. The number of rotatable bonds is 11. The van der Waals surface area contributed by atoms with Gasteiger partial charge in [0, 0.05) is 6.04 Å². The summed E-state index contributed by atoms with van der Waals surface area (Å²) < 4.78 is 0. The van der Waals surface area contributed by atoms with Crippen LogP contribution in [0.5, 0.6) is 0 Å². The highest BCUT2D eigenvalue weighted by Gasteiger charge is 2.38. The molecule has 0 aliphatic rings. The molecule has 0 saturated carbocycles. The van der Waals surface area contributed by atoms with Gasteiger partial charge in [0.15, 0.2) is 0 Å². The molecule has 0 bridgehead atoms. The molecule has 1 nitrogen and oxygen atoms in total. The van der Waals surface area contributed by atoms with Crippen molar-refractivity contribution in [2.75, 3.05) is 7.05 Å². The van der Waals surface area contributed by atoms with Crippen molar-refractivity contribution in [3.05, 3.63) is 0 Å². The molecule has 0 amide bonds. The molecule has 0 spiro atoms. The molecule has 3 unspecified atom stereocenters. The van der Waals surface area contributed by atoms with Crippen LogP contribution in [0, 0.1) is 29.1 Å². The molecule has 0 aliphatic heterocycles. The topological polar surface area (TPSA) is 12.0 Å². The lowest BCUT2D eigenvalue weighted by Gasteiger charge is -2.45. The Balaban J connectivity index is 5.26. The van der Waals surface area contributed by atoms with Crippen LogP contribution in [0.4, 0.5) is 0 Å². The van der Waals surface area contributed by atoms with Crippen molar-refractivity contribution in [2.24, 2.45) is 29.1 Å². The third-order valence-electron chi connectivity index (χ3n) is 5.38. The Bertz CT molecular complexity index is 257. The van der Waals surface area contributed by atoms with Crippen molar-refractivity contribution in [2.45, 2.75) is 93.5 Å². The van der Waals surface area contributed by atoms with E-state index in [1.54, 1.807) is 0 Å². The zero-order chi connectivity index (χ0) is 16.6. The van der Waals surface area contributed by atoms with Crippen LogP contribution in [0.3, 0.4) is 0 Å². The average Bonchev–Trinajstić information content (AvgIpc) is 2.35. The molecule has 1 N–H and O–H groups in total. The van der Waals surface area contributed by atoms with E-state index in [1.807, 2.05) is 0 Å². The lowest BCUT2D eigenvalue weighted by Crippen LogP contribution is -2.39. The molecular weight excluding hydrogens is 254 g/mol. The Morgan fingerprint density at radius 2 is 1.57 bits per heavy atom. The highest BCUT2D eigenvalue weighted by molar-refractivity contribution is 4.88. The first-order valence-electron chi connectivity index (χ1n) is 9.36. The van der Waals surface area contributed by atoms with E-state index in [9.17, 15) is 0 Å². The molecule has 0 fully saturated rings. The summed E-state index contributed by atoms with van der Waals surface area (Å²) in [4.78, 5) is 0. The van der Waals surface area contributed by atoms with Crippen LogP contribution in [0.25, 0.3) is 0 Å². The van der Waals surface area contributed by atoms with Crippen LogP contribution in [0.1, 0.15) is 87.5 Å². The van der Waals surface area contributed by atoms with Crippen molar-refractivity contribution >= 4 is 0 Å². The molecule has 0 saturated heterocycles. The van der Waals surface area contributed by atoms with Crippen LogP contribution in [-0.4, -0.2) is 13.1 Å². The Morgan fingerprint density at radius 1 is 1.00 bits per heavy atom. The maximum absolute atomic E-state index is 3.45. The van der Waals surface area contributed by atoms with Gasteiger partial charge in [0.1, 0.15) is 0 Å². The highest BCUT2D eigenvalue weighted by Crippen LogP contribution is 2.46. The van der Waals surface area contributed by atoms with Gasteiger partial charge in [-0.15, -0.1) is 0 Å². The van der Waals surface area contributed by atoms with E-state index < -0.39 is 0 Å². The first-order chi connectivity index (χ1) is 9.69. The largest absolute Gasteiger partial charge is 0.317 e. The molecular formula is C20H43N. The molecule has 0 aromatic heterocycles. The van der Waals surface area contributed by atoms with Gasteiger partial charge in [-0.25, -0.2) is 0 Å². The van der Waals surface area contributed by atoms with Crippen LogP contribution in [0.2, 0.25) is 0 Å². The normalized spacial score (nSPS) is 18.6. The molecule has 4 atom stereocenters. The fourth-order valence-corrected chi connectivity index (χ4v) is 4.84. The van der Waals surface area contributed by atoms with Crippen molar-refractivity contribution in [3.63, 3.8) is 0 Å². The molecule has 0 aromatic rings. The van der Waals surface area contributed by atoms with Crippen LogP contribution in [-0.2, 0) is 0 Å². The molecule has 0 radical (unpaired) electrons. The number of nitrogens with one attached hydrogen (secondary N) is 1. The zero-order valence-electron chi connectivity index (χ0n) is 16.4. The Kier molecular flexibility index (Phi) is 9.85. The fraction of sp³-hybridized carbons (Fsp3) is 1.00. The minimum absolute atomic E-state index is 0.441. The molecule has 1 heteroatoms. The van der Waals surface area contributed by atoms with E-state index in [0.717, 1.165) is 23.7 Å². The van der Waals surface area contributed by atoms with Gasteiger partial charge in [0.05, 0.1) is 0 Å². The van der Waals surface area contributed by atoms with E-state index in [4.69, 9.17) is 0 Å². The van der Waals surface area contributed by atoms with Gasteiger partial charge in [-0.05, 0) is 55.9 Å². The van der Waals surface area contributed by atoms with Crippen LogP contribution >= 0.6 is 0 Å². The van der Waals surface area contributed by atoms with Gasteiger partial charge < -0.3 is 5.32 Å². The number of hydrogen-bond donors (Lipinski definition) is 1. The molecule has 21 heavy (non-hydrogen) atoms. The standard InChI is InChI=1S/C20H43N/c1-10-12-16(5)19(20(7,8)14-15(3)4)18(11-2)13-17(6)21-9/h15-19,21H,10-14H2,1-9H3/t16?,17-,18?,19?/m1/s1. The predicted octanol–water partition coefficient (Wildman–Crippen LogP) is 6.14. The second-order valence-corrected chi connectivity index (χ2v) is 8.47. The van der Waals surface area contributed by atoms with Crippen molar-refractivity contribution in [1.82, 2.24) is 5.32 Å². The van der Waals surface area contributed by atoms with E-state index >= 15 is 0 Å². The van der Waals surface area contributed by atoms with Crippen molar-refractivity contribution < 1.29 is 0 Å². The third-order valence-corrected chi connectivity index (χ3v) is 5.38. The highest BCUT2D eigenvalue weighted by atomic mass is 14.8. The lowest BCUT2D eigenvalue weighted by atomic mass is 9.61. The summed E-state index contributed by atoms with van der Waals surface area (Å²) in [5, 5.41) is 3.45. The summed E-state index contributed by atoms with van der Waals surface area (Å²) in [5.41, 5.74) is 0.441. The van der Waals surface area contributed by atoms with E-state index in [0.29, 0.717) is 11.5 Å². The summed E-state index contributed by atoms with van der Waals surface area (Å²) in [6, 6.07) is 0.626. The number of hydrogen-bond acceptors (Lipinski definition) is 1. The van der Waals surface area contributed by atoms with E-state index in [-0.39, 0.29) is 0 Å². The van der Waals surface area contributed by atoms with Crippen LogP contribution < -0.4 is 5.32 Å². The van der Waals surface area contributed by atoms with Gasteiger partial charge in [-0.3, -0.25) is 0 Å². The summed E-state index contributed by atoms with van der Waals surface area (Å²) in [5.74, 6) is 3.29.